The normalized spacial score (nSPS) is 30.6. The van der Waals surface area contributed by atoms with Crippen molar-refractivity contribution in [1.29, 1.82) is 0 Å². The third-order valence-corrected chi connectivity index (χ3v) is 4.05. The highest BCUT2D eigenvalue weighted by Crippen LogP contribution is 2.25. The summed E-state index contributed by atoms with van der Waals surface area (Å²) >= 11 is 0. The monoisotopic (exact) mass is 196 g/mol. The van der Waals surface area contributed by atoms with E-state index in [1.807, 2.05) is 0 Å². The Balaban J connectivity index is 3.04. The first-order valence-corrected chi connectivity index (χ1v) is 5.30. The summed E-state index contributed by atoms with van der Waals surface area (Å²) in [4.78, 5) is 0.296. The summed E-state index contributed by atoms with van der Waals surface area (Å²) in [6.45, 7) is 1.50. The molecule has 11 heavy (non-hydrogen) atoms. The highest BCUT2D eigenvalue weighted by Gasteiger charge is 2.42. The summed E-state index contributed by atoms with van der Waals surface area (Å²) in [5, 5.41) is 2.65. The van der Waals surface area contributed by atoms with E-state index >= 15 is 0 Å². The van der Waals surface area contributed by atoms with Gasteiger partial charge in [-0.05, 0) is 6.92 Å². The first-order valence-electron chi connectivity index (χ1n) is 2.99. The van der Waals surface area contributed by atoms with Crippen molar-refractivity contribution in [1.82, 2.24) is 10.2 Å². The van der Waals surface area contributed by atoms with Gasteiger partial charge >= 0.3 is 0 Å². The van der Waals surface area contributed by atoms with Gasteiger partial charge in [-0.25, -0.2) is 8.42 Å². The molecule has 0 amide bonds. The molecule has 0 spiro atoms. The Bertz CT molecular complexity index is 287. The minimum Gasteiger partial charge on any atom is -0.354 e. The van der Waals surface area contributed by atoms with Crippen LogP contribution in [0.2, 0.25) is 0 Å². The zero-order valence-electron chi connectivity index (χ0n) is 6.20. The fraction of sp³-hybridized carbons (Fsp3) is 0.600. The van der Waals surface area contributed by atoms with E-state index in [0.717, 1.165) is 0 Å². The molecule has 0 aromatic heterocycles. The minimum atomic E-state index is -3.63. The molecule has 0 saturated carbocycles. The lowest BCUT2D eigenvalue weighted by Gasteiger charge is -2.29. The Kier molecular flexibility index (Phi) is 1.80. The molecular weight excluding hydrogens is 188 g/mol. The van der Waals surface area contributed by atoms with Gasteiger partial charge < -0.3 is 10.2 Å². The first kappa shape index (κ1) is 8.67. The van der Waals surface area contributed by atoms with Crippen LogP contribution in [0.15, 0.2) is 12.4 Å². The van der Waals surface area contributed by atoms with E-state index in [4.69, 9.17) is 10.7 Å². The number of nitrogens with zero attached hydrogens (tertiary/aromatic N) is 1. The topological polar surface area (TPSA) is 49.4 Å². The molecule has 1 aliphatic rings. The van der Waals surface area contributed by atoms with Crippen LogP contribution in [0.4, 0.5) is 0 Å². The van der Waals surface area contributed by atoms with Crippen LogP contribution < -0.4 is 5.32 Å². The number of hydrogen-bond donors (Lipinski definition) is 1. The lowest BCUT2D eigenvalue weighted by atomic mass is 10.5. The third kappa shape index (κ3) is 1.18. The first-order chi connectivity index (χ1) is 4.88. The van der Waals surface area contributed by atoms with Gasteiger partial charge in [-0.2, -0.15) is 0 Å². The van der Waals surface area contributed by atoms with Crippen LogP contribution in [0.3, 0.4) is 0 Å². The van der Waals surface area contributed by atoms with Crippen LogP contribution in [-0.2, 0) is 9.05 Å². The van der Waals surface area contributed by atoms with Crippen LogP contribution >= 0.6 is 10.7 Å². The molecule has 0 fully saturated rings. The van der Waals surface area contributed by atoms with E-state index in [1.165, 1.54) is 11.8 Å². The average molecular weight is 197 g/mol. The lowest BCUT2D eigenvalue weighted by molar-refractivity contribution is 0.297. The summed E-state index contributed by atoms with van der Waals surface area (Å²) in [6, 6.07) is 0. The molecule has 6 heteroatoms. The van der Waals surface area contributed by atoms with Gasteiger partial charge in [-0.1, -0.05) is 0 Å². The molecule has 0 radical (unpaired) electrons. The van der Waals surface area contributed by atoms with Crippen molar-refractivity contribution in [3.63, 3.8) is 0 Å². The molecule has 0 aliphatic carbocycles. The van der Waals surface area contributed by atoms with Crippen LogP contribution in [0.5, 0.6) is 0 Å². The molecule has 0 bridgehead atoms. The van der Waals surface area contributed by atoms with Crippen LogP contribution in [0.1, 0.15) is 6.92 Å². The predicted octanol–water partition coefficient (Wildman–Crippen LogP) is 0.235. The van der Waals surface area contributed by atoms with E-state index in [2.05, 4.69) is 5.32 Å². The Morgan fingerprint density at radius 3 is 2.36 bits per heavy atom. The van der Waals surface area contributed by atoms with Gasteiger partial charge in [0.1, 0.15) is 0 Å². The molecule has 1 unspecified atom stereocenters. The molecule has 0 aromatic carbocycles. The zero-order valence-corrected chi connectivity index (χ0v) is 7.78. The Labute approximate surface area is 70.2 Å². The average Bonchev–Trinajstić information content (AvgIpc) is 2.12. The van der Waals surface area contributed by atoms with Crippen LogP contribution in [0, 0.1) is 0 Å². The van der Waals surface area contributed by atoms with Gasteiger partial charge in [0.15, 0.2) is 0 Å². The van der Waals surface area contributed by atoms with E-state index in [0.29, 0.717) is 0 Å². The second-order valence-electron chi connectivity index (χ2n) is 2.49. The Hall–Kier alpha value is -0.420. The smallest absolute Gasteiger partial charge is 0.275 e. The molecule has 1 aliphatic heterocycles. The highest BCUT2D eigenvalue weighted by atomic mass is 35.7. The summed E-state index contributed by atoms with van der Waals surface area (Å²) in [5.41, 5.74) is 0. The summed E-state index contributed by atoms with van der Waals surface area (Å²) in [6.07, 6.45) is 3.15. The fourth-order valence-electron chi connectivity index (χ4n) is 0.790. The fourth-order valence-corrected chi connectivity index (χ4v) is 1.86. The Morgan fingerprint density at radius 1 is 1.64 bits per heavy atom. The molecular formula is C5H9ClN2O2S. The SMILES string of the molecule is CN1C=CNC1(C)S(=O)(=O)Cl. The molecule has 64 valence electrons. The van der Waals surface area contributed by atoms with Crippen molar-refractivity contribution in [2.24, 2.45) is 0 Å². The van der Waals surface area contributed by atoms with Crippen molar-refractivity contribution in [3.8, 4) is 0 Å². The summed E-state index contributed by atoms with van der Waals surface area (Å²) in [7, 11) is 3.21. The van der Waals surface area contributed by atoms with Crippen LogP contribution in [-0.4, -0.2) is 25.4 Å². The molecule has 1 rings (SSSR count). The number of hydrogen-bond acceptors (Lipinski definition) is 4. The molecule has 0 saturated heterocycles. The van der Waals surface area contributed by atoms with Crippen molar-refractivity contribution >= 4 is 19.7 Å². The molecule has 4 nitrogen and oxygen atoms in total. The highest BCUT2D eigenvalue weighted by molar-refractivity contribution is 8.14. The van der Waals surface area contributed by atoms with Gasteiger partial charge in [-0.15, -0.1) is 0 Å². The molecule has 1 heterocycles. The van der Waals surface area contributed by atoms with E-state index < -0.39 is 14.0 Å². The van der Waals surface area contributed by atoms with Crippen LogP contribution in [0.25, 0.3) is 0 Å². The minimum absolute atomic E-state index is 1.20. The van der Waals surface area contributed by atoms with E-state index in [-0.39, 0.29) is 0 Å². The Morgan fingerprint density at radius 2 is 2.18 bits per heavy atom. The second-order valence-corrected chi connectivity index (χ2v) is 5.38. The lowest BCUT2D eigenvalue weighted by Crippen LogP contribution is -2.51. The largest absolute Gasteiger partial charge is 0.354 e. The number of nitrogens with one attached hydrogen (secondary N) is 1. The summed E-state index contributed by atoms with van der Waals surface area (Å²) in [5.74, 6) is 0. The maximum absolute atomic E-state index is 11.0. The molecule has 1 N–H and O–H groups in total. The number of halogens is 1. The summed E-state index contributed by atoms with van der Waals surface area (Å²) < 4.78 is 22.0. The second kappa shape index (κ2) is 2.28. The maximum atomic E-state index is 11.0. The van der Waals surface area contributed by atoms with E-state index in [9.17, 15) is 8.42 Å². The van der Waals surface area contributed by atoms with Crippen molar-refractivity contribution in [2.75, 3.05) is 7.05 Å². The van der Waals surface area contributed by atoms with Gasteiger partial charge in [0, 0.05) is 30.1 Å². The third-order valence-electron chi connectivity index (χ3n) is 1.80. The van der Waals surface area contributed by atoms with Gasteiger partial charge in [0.2, 0.25) is 4.99 Å². The van der Waals surface area contributed by atoms with E-state index in [1.54, 1.807) is 19.4 Å². The predicted molar refractivity (Wildman–Crippen MR) is 43.2 cm³/mol. The number of rotatable bonds is 1. The quantitative estimate of drug-likeness (QED) is 0.611. The van der Waals surface area contributed by atoms with Gasteiger partial charge in [0.25, 0.3) is 9.05 Å². The van der Waals surface area contributed by atoms with Gasteiger partial charge in [0.05, 0.1) is 0 Å². The maximum Gasteiger partial charge on any atom is 0.275 e. The van der Waals surface area contributed by atoms with Crippen molar-refractivity contribution in [3.05, 3.63) is 12.4 Å². The zero-order chi connectivity index (χ0) is 8.70. The van der Waals surface area contributed by atoms with Crippen molar-refractivity contribution in [2.45, 2.75) is 11.9 Å². The van der Waals surface area contributed by atoms with Gasteiger partial charge in [-0.3, -0.25) is 0 Å². The molecule has 0 aromatic rings. The molecule has 1 atom stereocenters. The standard InChI is InChI=1S/C5H9ClN2O2S/c1-5(11(6,9)10)7-3-4-8(5)2/h3-4,7H,1-2H3. The van der Waals surface area contributed by atoms with Crippen molar-refractivity contribution < 1.29 is 8.42 Å².